The summed E-state index contributed by atoms with van der Waals surface area (Å²) in [4.78, 5) is 13.9. The van der Waals surface area contributed by atoms with Crippen LogP contribution < -0.4 is 10.6 Å². The zero-order valence-corrected chi connectivity index (χ0v) is 20.6. The molecule has 182 valence electrons. The van der Waals surface area contributed by atoms with Crippen molar-refractivity contribution in [2.75, 3.05) is 18.4 Å². The van der Waals surface area contributed by atoms with Crippen molar-refractivity contribution in [3.05, 3.63) is 69.3 Å². The summed E-state index contributed by atoms with van der Waals surface area (Å²) in [5.74, 6) is -0.369. The van der Waals surface area contributed by atoms with Crippen LogP contribution in [-0.2, 0) is 13.1 Å². The lowest BCUT2D eigenvalue weighted by Gasteiger charge is -2.24. The molecule has 35 heavy (non-hydrogen) atoms. The largest absolute Gasteiger partial charge is 0.350 e. The topological polar surface area (TPSA) is 67.7 Å². The Morgan fingerprint density at radius 1 is 1.11 bits per heavy atom. The third kappa shape index (κ3) is 5.10. The predicted molar refractivity (Wildman–Crippen MR) is 135 cm³/mol. The van der Waals surface area contributed by atoms with Gasteiger partial charge in [0.25, 0.3) is 0 Å². The van der Waals surface area contributed by atoms with E-state index >= 15 is 0 Å². The van der Waals surface area contributed by atoms with Gasteiger partial charge in [-0.05, 0) is 74.2 Å². The summed E-state index contributed by atoms with van der Waals surface area (Å²) < 4.78 is 28.9. The molecule has 0 amide bonds. The Kier molecular flexibility index (Phi) is 6.86. The Bertz CT molecular complexity index is 1360. The van der Waals surface area contributed by atoms with Gasteiger partial charge in [0.2, 0.25) is 5.95 Å². The summed E-state index contributed by atoms with van der Waals surface area (Å²) in [7, 11) is 0. The van der Waals surface area contributed by atoms with E-state index in [0.717, 1.165) is 43.6 Å². The highest BCUT2D eigenvalue weighted by molar-refractivity contribution is 6.39. The number of fused-ring (bicyclic) bond motifs is 1. The van der Waals surface area contributed by atoms with Crippen LogP contribution in [0.2, 0.25) is 10.0 Å². The fraction of sp³-hybridized carbons (Fsp3) is 0.320. The van der Waals surface area contributed by atoms with E-state index in [1.165, 1.54) is 6.07 Å². The molecule has 1 atom stereocenters. The minimum Gasteiger partial charge on any atom is -0.350 e. The number of nitrogens with one attached hydrogen (secondary N) is 2. The van der Waals surface area contributed by atoms with Crippen molar-refractivity contribution in [2.24, 2.45) is 5.92 Å². The predicted octanol–water partition coefficient (Wildman–Crippen LogP) is 6.00. The van der Waals surface area contributed by atoms with Gasteiger partial charge in [-0.25, -0.2) is 18.7 Å². The zero-order valence-electron chi connectivity index (χ0n) is 19.1. The SMILES string of the molecule is Cc1cc(Cl)c(-c2nc3cnc(NCc4ccc(F)c(F)c4)nc3n2CC2CCCNC2)c(Cl)c1. The molecule has 5 rings (SSSR count). The molecule has 2 N–H and O–H groups in total. The Morgan fingerprint density at radius 3 is 2.63 bits per heavy atom. The Morgan fingerprint density at radius 2 is 1.91 bits per heavy atom. The Labute approximate surface area is 211 Å². The number of aryl methyl sites for hydroxylation is 1. The standard InChI is InChI=1S/C25H24Cl2F2N6/c1-14-7-17(26)22(18(27)8-14)24-33-21-12-32-25(31-11-15-4-5-19(28)20(29)9-15)34-23(21)35(24)13-16-3-2-6-30-10-16/h4-5,7-9,12,16,30H,2-3,6,10-11,13H2,1H3,(H,31,32,34). The van der Waals surface area contributed by atoms with Crippen LogP contribution in [-0.4, -0.2) is 32.6 Å². The molecule has 1 saturated heterocycles. The number of hydrogen-bond acceptors (Lipinski definition) is 5. The minimum atomic E-state index is -0.892. The Hall–Kier alpha value is -2.81. The van der Waals surface area contributed by atoms with Gasteiger partial charge in [-0.3, -0.25) is 0 Å². The zero-order chi connectivity index (χ0) is 24.5. The summed E-state index contributed by atoms with van der Waals surface area (Å²) >= 11 is 13.3. The summed E-state index contributed by atoms with van der Waals surface area (Å²) in [6.45, 7) is 4.80. The van der Waals surface area contributed by atoms with Crippen molar-refractivity contribution in [1.29, 1.82) is 0 Å². The highest BCUT2D eigenvalue weighted by atomic mass is 35.5. The molecule has 1 aliphatic heterocycles. The van der Waals surface area contributed by atoms with Gasteiger partial charge in [-0.15, -0.1) is 0 Å². The molecule has 0 spiro atoms. The van der Waals surface area contributed by atoms with Crippen LogP contribution in [0.1, 0.15) is 24.0 Å². The number of imidazole rings is 1. The summed E-state index contributed by atoms with van der Waals surface area (Å²) in [6, 6.07) is 7.51. The Balaban J connectivity index is 1.54. The molecule has 6 nitrogen and oxygen atoms in total. The smallest absolute Gasteiger partial charge is 0.225 e. The van der Waals surface area contributed by atoms with Gasteiger partial charge in [-0.2, -0.15) is 4.98 Å². The first-order valence-corrected chi connectivity index (χ1v) is 12.2. The number of aromatic nitrogens is 4. The molecule has 3 heterocycles. The monoisotopic (exact) mass is 516 g/mol. The molecular weight excluding hydrogens is 493 g/mol. The number of anilines is 1. The van der Waals surface area contributed by atoms with Crippen molar-refractivity contribution < 1.29 is 8.78 Å². The van der Waals surface area contributed by atoms with Crippen LogP contribution in [0.3, 0.4) is 0 Å². The summed E-state index contributed by atoms with van der Waals surface area (Å²) in [6.07, 6.45) is 3.84. The highest BCUT2D eigenvalue weighted by Crippen LogP contribution is 2.37. The lowest BCUT2D eigenvalue weighted by atomic mass is 9.99. The molecule has 0 radical (unpaired) electrons. The van der Waals surface area contributed by atoms with Crippen LogP contribution in [0.5, 0.6) is 0 Å². The number of piperidine rings is 1. The first-order valence-electron chi connectivity index (χ1n) is 11.5. The van der Waals surface area contributed by atoms with Crippen LogP contribution in [0.15, 0.2) is 36.5 Å². The van der Waals surface area contributed by atoms with Gasteiger partial charge < -0.3 is 15.2 Å². The van der Waals surface area contributed by atoms with Gasteiger partial charge in [0.15, 0.2) is 17.3 Å². The molecule has 1 unspecified atom stereocenters. The van der Waals surface area contributed by atoms with E-state index in [0.29, 0.717) is 56.6 Å². The fourth-order valence-corrected chi connectivity index (χ4v) is 5.22. The van der Waals surface area contributed by atoms with Gasteiger partial charge in [0.05, 0.1) is 21.8 Å². The molecule has 1 fully saturated rings. The summed E-state index contributed by atoms with van der Waals surface area (Å²) in [5.41, 5.74) is 3.48. The first-order chi connectivity index (χ1) is 16.9. The molecule has 2 aromatic heterocycles. The molecule has 0 aliphatic carbocycles. The maximum Gasteiger partial charge on any atom is 0.225 e. The minimum absolute atomic E-state index is 0.242. The van der Waals surface area contributed by atoms with Crippen molar-refractivity contribution in [3.8, 4) is 11.4 Å². The maximum absolute atomic E-state index is 13.6. The molecule has 10 heteroatoms. The second-order valence-electron chi connectivity index (χ2n) is 8.87. The third-order valence-corrected chi connectivity index (χ3v) is 6.77. The quantitative estimate of drug-likeness (QED) is 0.329. The van der Waals surface area contributed by atoms with Crippen molar-refractivity contribution in [3.63, 3.8) is 0 Å². The van der Waals surface area contributed by atoms with Crippen molar-refractivity contribution in [1.82, 2.24) is 24.8 Å². The van der Waals surface area contributed by atoms with Crippen molar-refractivity contribution in [2.45, 2.75) is 32.9 Å². The first kappa shape index (κ1) is 23.9. The number of rotatable bonds is 6. The maximum atomic E-state index is 13.6. The number of nitrogens with zero attached hydrogens (tertiary/aromatic N) is 4. The van der Waals surface area contributed by atoms with Gasteiger partial charge in [0, 0.05) is 13.1 Å². The van der Waals surface area contributed by atoms with E-state index in [-0.39, 0.29) is 6.54 Å². The van der Waals surface area contributed by atoms with Crippen LogP contribution in [0, 0.1) is 24.5 Å². The normalized spacial score (nSPS) is 16.1. The van der Waals surface area contributed by atoms with E-state index < -0.39 is 11.6 Å². The number of halogens is 4. The fourth-order valence-electron chi connectivity index (χ4n) is 4.45. The number of benzene rings is 2. The third-order valence-electron chi connectivity index (χ3n) is 6.17. The van der Waals surface area contributed by atoms with Crippen molar-refractivity contribution >= 4 is 40.3 Å². The molecular formula is C25H24Cl2F2N6. The van der Waals surface area contributed by atoms with E-state index in [9.17, 15) is 8.78 Å². The molecule has 4 aromatic rings. The lowest BCUT2D eigenvalue weighted by molar-refractivity contribution is 0.341. The average molecular weight is 517 g/mol. The summed E-state index contributed by atoms with van der Waals surface area (Å²) in [5, 5.41) is 7.60. The van der Waals surface area contributed by atoms with Gasteiger partial charge in [0.1, 0.15) is 11.3 Å². The molecule has 1 aliphatic rings. The van der Waals surface area contributed by atoms with Crippen LogP contribution in [0.25, 0.3) is 22.6 Å². The second kappa shape index (κ2) is 10.0. The molecule has 2 aromatic carbocycles. The highest BCUT2D eigenvalue weighted by Gasteiger charge is 2.23. The van der Waals surface area contributed by atoms with Crippen LogP contribution in [0.4, 0.5) is 14.7 Å². The van der Waals surface area contributed by atoms with E-state index in [2.05, 4.69) is 20.2 Å². The van der Waals surface area contributed by atoms with E-state index in [1.54, 1.807) is 6.20 Å². The van der Waals surface area contributed by atoms with E-state index in [1.807, 2.05) is 19.1 Å². The van der Waals surface area contributed by atoms with Crippen LogP contribution >= 0.6 is 23.2 Å². The van der Waals surface area contributed by atoms with Gasteiger partial charge >= 0.3 is 0 Å². The number of hydrogen-bond donors (Lipinski definition) is 2. The molecule has 0 bridgehead atoms. The molecule has 0 saturated carbocycles. The second-order valence-corrected chi connectivity index (χ2v) is 9.68. The lowest BCUT2D eigenvalue weighted by Crippen LogP contribution is -2.32. The van der Waals surface area contributed by atoms with Gasteiger partial charge in [-0.1, -0.05) is 29.3 Å². The van der Waals surface area contributed by atoms with E-state index in [4.69, 9.17) is 33.2 Å². The average Bonchev–Trinajstić information content (AvgIpc) is 3.17.